The Morgan fingerprint density at radius 3 is 2.37 bits per heavy atom. The first-order valence-electron chi connectivity index (χ1n) is 7.16. The predicted octanol–water partition coefficient (Wildman–Crippen LogP) is 2.21. The molecule has 0 aromatic heterocycles. The van der Waals surface area contributed by atoms with E-state index >= 15 is 0 Å². The minimum Gasteiger partial charge on any atom is -0.394 e. The summed E-state index contributed by atoms with van der Waals surface area (Å²) >= 11 is 0. The van der Waals surface area contributed by atoms with Crippen LogP contribution in [0, 0.1) is 0 Å². The van der Waals surface area contributed by atoms with Gasteiger partial charge in [0.25, 0.3) is 0 Å². The van der Waals surface area contributed by atoms with Crippen LogP contribution in [0.5, 0.6) is 0 Å². The van der Waals surface area contributed by atoms with Gasteiger partial charge in [-0.1, -0.05) is 37.3 Å². The summed E-state index contributed by atoms with van der Waals surface area (Å²) in [7, 11) is 2.11. The molecular formula is C16H28N2O. The molecule has 1 aromatic carbocycles. The maximum atomic E-state index is 10.0. The first kappa shape index (κ1) is 16.2. The zero-order valence-electron chi connectivity index (χ0n) is 12.7. The summed E-state index contributed by atoms with van der Waals surface area (Å²) in [5, 5.41) is 13.6. The molecule has 3 heteroatoms. The Labute approximate surface area is 117 Å². The van der Waals surface area contributed by atoms with Gasteiger partial charge in [0.15, 0.2) is 0 Å². The number of nitrogens with one attached hydrogen (secondary N) is 1. The molecule has 1 rings (SSSR count). The number of rotatable bonds is 8. The first-order valence-corrected chi connectivity index (χ1v) is 7.16. The Bertz CT molecular complexity index is 353. The SMILES string of the molecule is CCCN(C)CC(CO)(NC(C)C)c1ccccc1. The summed E-state index contributed by atoms with van der Waals surface area (Å²) in [6.45, 7) is 8.35. The van der Waals surface area contributed by atoms with E-state index in [0.717, 1.165) is 25.1 Å². The summed E-state index contributed by atoms with van der Waals surface area (Å²) < 4.78 is 0. The van der Waals surface area contributed by atoms with Gasteiger partial charge >= 0.3 is 0 Å². The predicted molar refractivity (Wildman–Crippen MR) is 81.3 cm³/mol. The monoisotopic (exact) mass is 264 g/mol. The molecule has 0 radical (unpaired) electrons. The van der Waals surface area contributed by atoms with Gasteiger partial charge in [-0.2, -0.15) is 0 Å². The highest BCUT2D eigenvalue weighted by Crippen LogP contribution is 2.22. The van der Waals surface area contributed by atoms with Crippen molar-refractivity contribution in [2.24, 2.45) is 0 Å². The van der Waals surface area contributed by atoms with Crippen molar-refractivity contribution in [1.82, 2.24) is 10.2 Å². The second kappa shape index (κ2) is 7.63. The van der Waals surface area contributed by atoms with Crippen molar-refractivity contribution >= 4 is 0 Å². The lowest BCUT2D eigenvalue weighted by atomic mass is 9.89. The molecule has 0 aliphatic rings. The molecule has 2 N–H and O–H groups in total. The second-order valence-electron chi connectivity index (χ2n) is 5.64. The molecule has 0 fully saturated rings. The lowest BCUT2D eigenvalue weighted by Gasteiger charge is -2.38. The van der Waals surface area contributed by atoms with Crippen LogP contribution in [0.2, 0.25) is 0 Å². The fourth-order valence-corrected chi connectivity index (χ4v) is 2.64. The molecule has 19 heavy (non-hydrogen) atoms. The van der Waals surface area contributed by atoms with E-state index in [9.17, 15) is 5.11 Å². The second-order valence-corrected chi connectivity index (χ2v) is 5.64. The number of hydrogen-bond donors (Lipinski definition) is 2. The first-order chi connectivity index (χ1) is 9.04. The topological polar surface area (TPSA) is 35.5 Å². The summed E-state index contributed by atoms with van der Waals surface area (Å²) in [6, 6.07) is 10.6. The molecule has 0 bridgehead atoms. The minimum absolute atomic E-state index is 0.100. The molecule has 0 saturated carbocycles. The third-order valence-corrected chi connectivity index (χ3v) is 3.31. The van der Waals surface area contributed by atoms with E-state index in [-0.39, 0.29) is 12.1 Å². The van der Waals surface area contributed by atoms with Crippen LogP contribution in [0.3, 0.4) is 0 Å². The van der Waals surface area contributed by atoms with Crippen molar-refractivity contribution in [2.45, 2.75) is 38.8 Å². The Hall–Kier alpha value is -0.900. The molecule has 108 valence electrons. The molecule has 0 heterocycles. The van der Waals surface area contributed by atoms with Gasteiger partial charge in [0.1, 0.15) is 0 Å². The molecular weight excluding hydrogens is 236 g/mol. The standard InChI is InChI=1S/C16H28N2O/c1-5-11-18(4)12-16(13-19,17-14(2)3)15-9-7-6-8-10-15/h6-10,14,17,19H,5,11-13H2,1-4H3. The zero-order chi connectivity index (χ0) is 14.3. The fraction of sp³-hybridized carbons (Fsp3) is 0.625. The van der Waals surface area contributed by atoms with Crippen molar-refractivity contribution in [3.05, 3.63) is 35.9 Å². The number of hydrogen-bond acceptors (Lipinski definition) is 3. The van der Waals surface area contributed by atoms with Crippen molar-refractivity contribution < 1.29 is 5.11 Å². The number of aliphatic hydroxyl groups excluding tert-OH is 1. The molecule has 0 spiro atoms. The van der Waals surface area contributed by atoms with Gasteiger partial charge in [-0.3, -0.25) is 0 Å². The van der Waals surface area contributed by atoms with Gasteiger partial charge in [0.05, 0.1) is 12.1 Å². The summed E-state index contributed by atoms with van der Waals surface area (Å²) in [5.41, 5.74) is 0.758. The Morgan fingerprint density at radius 2 is 1.89 bits per heavy atom. The highest BCUT2D eigenvalue weighted by Gasteiger charge is 2.33. The van der Waals surface area contributed by atoms with Crippen LogP contribution in [0.15, 0.2) is 30.3 Å². The van der Waals surface area contributed by atoms with Crippen LogP contribution in [0.4, 0.5) is 0 Å². The van der Waals surface area contributed by atoms with Crippen molar-refractivity contribution in [1.29, 1.82) is 0 Å². The highest BCUT2D eigenvalue weighted by atomic mass is 16.3. The van der Waals surface area contributed by atoms with E-state index < -0.39 is 0 Å². The van der Waals surface area contributed by atoms with Gasteiger partial charge in [0, 0.05) is 12.6 Å². The Kier molecular flexibility index (Phi) is 6.49. The average Bonchev–Trinajstić information content (AvgIpc) is 2.38. The highest BCUT2D eigenvalue weighted by molar-refractivity contribution is 5.25. The van der Waals surface area contributed by atoms with Crippen molar-refractivity contribution in [3.8, 4) is 0 Å². The number of nitrogens with zero attached hydrogens (tertiary/aromatic N) is 1. The van der Waals surface area contributed by atoms with Crippen LogP contribution in [-0.2, 0) is 5.54 Å². The maximum absolute atomic E-state index is 10.0. The largest absolute Gasteiger partial charge is 0.394 e. The van der Waals surface area contributed by atoms with Gasteiger partial charge in [0.2, 0.25) is 0 Å². The summed E-state index contributed by atoms with van der Waals surface area (Å²) in [6.07, 6.45) is 1.12. The third-order valence-electron chi connectivity index (χ3n) is 3.31. The number of likely N-dealkylation sites (N-methyl/N-ethyl adjacent to an activating group) is 1. The van der Waals surface area contributed by atoms with Gasteiger partial charge in [-0.05, 0) is 39.4 Å². The lowest BCUT2D eigenvalue weighted by Crippen LogP contribution is -2.55. The minimum atomic E-state index is -0.390. The number of aliphatic hydroxyl groups is 1. The quantitative estimate of drug-likeness (QED) is 0.756. The van der Waals surface area contributed by atoms with Crippen LogP contribution in [-0.4, -0.2) is 42.8 Å². The lowest BCUT2D eigenvalue weighted by molar-refractivity contribution is 0.110. The summed E-state index contributed by atoms with van der Waals surface area (Å²) in [4.78, 5) is 2.28. The van der Waals surface area contributed by atoms with Crippen molar-refractivity contribution in [3.63, 3.8) is 0 Å². The van der Waals surface area contributed by atoms with Gasteiger partial charge < -0.3 is 15.3 Å². The molecule has 1 aromatic rings. The molecule has 0 aliphatic heterocycles. The zero-order valence-corrected chi connectivity index (χ0v) is 12.7. The number of benzene rings is 1. The smallest absolute Gasteiger partial charge is 0.0799 e. The van der Waals surface area contributed by atoms with Crippen LogP contribution >= 0.6 is 0 Å². The average molecular weight is 264 g/mol. The summed E-state index contributed by atoms with van der Waals surface area (Å²) in [5.74, 6) is 0. The molecule has 1 unspecified atom stereocenters. The molecule has 0 amide bonds. The van der Waals surface area contributed by atoms with Crippen molar-refractivity contribution in [2.75, 3.05) is 26.7 Å². The van der Waals surface area contributed by atoms with Crippen LogP contribution in [0.25, 0.3) is 0 Å². The molecule has 0 saturated heterocycles. The van der Waals surface area contributed by atoms with Gasteiger partial charge in [-0.25, -0.2) is 0 Å². The van der Waals surface area contributed by atoms with Crippen LogP contribution < -0.4 is 5.32 Å². The molecule has 1 atom stereocenters. The maximum Gasteiger partial charge on any atom is 0.0799 e. The van der Waals surface area contributed by atoms with E-state index in [0.29, 0.717) is 6.04 Å². The van der Waals surface area contributed by atoms with E-state index in [1.807, 2.05) is 18.2 Å². The molecule has 0 aliphatic carbocycles. The third kappa shape index (κ3) is 4.60. The van der Waals surface area contributed by atoms with E-state index in [2.05, 4.69) is 50.2 Å². The normalized spacial score (nSPS) is 14.9. The Balaban J connectivity index is 3.00. The van der Waals surface area contributed by atoms with E-state index in [1.54, 1.807) is 0 Å². The van der Waals surface area contributed by atoms with Gasteiger partial charge in [-0.15, -0.1) is 0 Å². The fourth-order valence-electron chi connectivity index (χ4n) is 2.64. The Morgan fingerprint density at radius 1 is 1.26 bits per heavy atom. The molecule has 3 nitrogen and oxygen atoms in total. The van der Waals surface area contributed by atoms with Crippen LogP contribution in [0.1, 0.15) is 32.8 Å². The van der Waals surface area contributed by atoms with E-state index in [4.69, 9.17) is 0 Å². The van der Waals surface area contributed by atoms with E-state index in [1.165, 1.54) is 0 Å².